The topological polar surface area (TPSA) is 81.5 Å². The fraction of sp³-hybridized carbons (Fsp3) is 0.200. The number of benzene rings is 2. The second kappa shape index (κ2) is 10.5. The fourth-order valence-electron chi connectivity index (χ4n) is 3.81. The molecule has 13 heteroatoms. The molecule has 0 N–H and O–H groups in total. The first-order chi connectivity index (χ1) is 17.8. The zero-order chi connectivity index (χ0) is 27.8. The lowest BCUT2D eigenvalue weighted by Gasteiger charge is -2.25. The van der Waals surface area contributed by atoms with Crippen molar-refractivity contribution in [3.05, 3.63) is 87.7 Å². The Morgan fingerprint density at radius 3 is 2.45 bits per heavy atom. The molecule has 0 aliphatic carbocycles. The minimum absolute atomic E-state index is 0.0302. The predicted molar refractivity (Wildman–Crippen MR) is 138 cm³/mol. The van der Waals surface area contributed by atoms with E-state index in [9.17, 15) is 26.4 Å². The number of aromatic nitrogens is 2. The van der Waals surface area contributed by atoms with Gasteiger partial charge in [-0.25, -0.2) is 22.5 Å². The first-order valence-corrected chi connectivity index (χ1v) is 13.3. The van der Waals surface area contributed by atoms with Gasteiger partial charge in [0, 0.05) is 25.0 Å². The lowest BCUT2D eigenvalue weighted by atomic mass is 10.1. The van der Waals surface area contributed by atoms with Gasteiger partial charge in [-0.3, -0.25) is 0 Å². The van der Waals surface area contributed by atoms with Gasteiger partial charge in [0.1, 0.15) is 4.90 Å². The van der Waals surface area contributed by atoms with Crippen LogP contribution in [0.3, 0.4) is 0 Å². The zero-order valence-corrected chi connectivity index (χ0v) is 22.3. The number of carbonyl (C=O) groups is 1. The van der Waals surface area contributed by atoms with Crippen LogP contribution in [0.15, 0.2) is 65.8 Å². The molecular formula is C25H20Cl2F3N3O4S. The third kappa shape index (κ3) is 5.45. The number of carbonyl (C=O) groups excluding carboxylic acids is 1. The SMILES string of the molecule is CCOC(=O)c1ccc(S(=O)(=O)N(Cc2ccc3c(ccn3C)c2)c2ncc(C(F)(F)F)cc2Cl)c(Cl)c1. The summed E-state index contributed by atoms with van der Waals surface area (Å²) in [5.74, 6) is -1.11. The maximum atomic E-state index is 13.9. The van der Waals surface area contributed by atoms with Gasteiger partial charge in [-0.15, -0.1) is 0 Å². The van der Waals surface area contributed by atoms with Crippen molar-refractivity contribution in [3.8, 4) is 0 Å². The third-order valence-electron chi connectivity index (χ3n) is 5.67. The minimum Gasteiger partial charge on any atom is -0.462 e. The van der Waals surface area contributed by atoms with E-state index in [1.165, 1.54) is 6.07 Å². The van der Waals surface area contributed by atoms with Crippen LogP contribution >= 0.6 is 23.2 Å². The van der Waals surface area contributed by atoms with Gasteiger partial charge in [-0.1, -0.05) is 29.3 Å². The van der Waals surface area contributed by atoms with Crippen LogP contribution in [-0.4, -0.2) is 30.5 Å². The van der Waals surface area contributed by atoms with E-state index in [1.807, 2.05) is 23.9 Å². The minimum atomic E-state index is -4.73. The average molecular weight is 586 g/mol. The van der Waals surface area contributed by atoms with Crippen molar-refractivity contribution in [2.75, 3.05) is 10.9 Å². The number of aryl methyl sites for hydroxylation is 1. The number of halogens is 5. The Hall–Kier alpha value is -3.28. The van der Waals surface area contributed by atoms with Crippen molar-refractivity contribution in [3.63, 3.8) is 0 Å². The van der Waals surface area contributed by atoms with Gasteiger partial charge in [0.15, 0.2) is 5.82 Å². The number of nitrogens with zero attached hydrogens (tertiary/aromatic N) is 3. The molecule has 38 heavy (non-hydrogen) atoms. The summed E-state index contributed by atoms with van der Waals surface area (Å²) in [5.41, 5.74) is 0.310. The molecule has 0 fully saturated rings. The molecule has 0 aliphatic rings. The van der Waals surface area contributed by atoms with E-state index in [4.69, 9.17) is 27.9 Å². The molecule has 0 unspecified atom stereocenters. The number of hydrogen-bond acceptors (Lipinski definition) is 5. The molecule has 0 atom stereocenters. The number of esters is 1. The molecule has 0 saturated carbocycles. The lowest BCUT2D eigenvalue weighted by molar-refractivity contribution is -0.137. The number of pyridine rings is 1. The summed E-state index contributed by atoms with van der Waals surface area (Å²) in [6.45, 7) is 1.40. The van der Waals surface area contributed by atoms with Crippen LogP contribution in [0.4, 0.5) is 19.0 Å². The van der Waals surface area contributed by atoms with Crippen molar-refractivity contribution in [1.82, 2.24) is 9.55 Å². The quantitative estimate of drug-likeness (QED) is 0.232. The molecule has 4 aromatic rings. The highest BCUT2D eigenvalue weighted by molar-refractivity contribution is 7.93. The van der Waals surface area contributed by atoms with E-state index >= 15 is 0 Å². The Balaban J connectivity index is 1.83. The standard InChI is InChI=1S/C25H20Cl2F3N3O4S/c1-3-37-24(34)17-5-7-22(19(26)11-17)38(35,36)33(23-20(27)12-18(13-31-23)25(28,29)30)14-15-4-6-21-16(10-15)8-9-32(21)2/h4-13H,3,14H2,1-2H3. The highest BCUT2D eigenvalue weighted by atomic mass is 35.5. The average Bonchev–Trinajstić information content (AvgIpc) is 3.22. The highest BCUT2D eigenvalue weighted by Crippen LogP contribution is 2.37. The van der Waals surface area contributed by atoms with Crippen molar-refractivity contribution in [2.24, 2.45) is 7.05 Å². The van der Waals surface area contributed by atoms with Crippen LogP contribution in [-0.2, 0) is 34.5 Å². The summed E-state index contributed by atoms with van der Waals surface area (Å²) in [6.07, 6.45) is -2.39. The van der Waals surface area contributed by atoms with Crippen molar-refractivity contribution in [2.45, 2.75) is 24.5 Å². The van der Waals surface area contributed by atoms with Crippen LogP contribution < -0.4 is 4.31 Å². The molecule has 2 aromatic heterocycles. The number of alkyl halides is 3. The van der Waals surface area contributed by atoms with E-state index in [0.29, 0.717) is 17.8 Å². The number of ether oxygens (including phenoxy) is 1. The molecule has 0 aliphatic heterocycles. The Kier molecular flexibility index (Phi) is 7.64. The predicted octanol–water partition coefficient (Wildman–Crippen LogP) is 6.47. The summed E-state index contributed by atoms with van der Waals surface area (Å²) in [4.78, 5) is 15.4. The van der Waals surface area contributed by atoms with Gasteiger partial charge >= 0.3 is 12.1 Å². The summed E-state index contributed by atoms with van der Waals surface area (Å²) in [5, 5.41) is 0.0104. The molecule has 0 bridgehead atoms. The Morgan fingerprint density at radius 2 is 1.82 bits per heavy atom. The third-order valence-corrected chi connectivity index (χ3v) is 8.17. The van der Waals surface area contributed by atoms with Crippen LogP contribution in [0.25, 0.3) is 10.9 Å². The van der Waals surface area contributed by atoms with Gasteiger partial charge < -0.3 is 9.30 Å². The largest absolute Gasteiger partial charge is 0.462 e. The summed E-state index contributed by atoms with van der Waals surface area (Å²) >= 11 is 12.4. The maximum absolute atomic E-state index is 13.9. The first-order valence-electron chi connectivity index (χ1n) is 11.1. The van der Waals surface area contributed by atoms with Crippen molar-refractivity contribution < 1.29 is 31.1 Å². The summed E-state index contributed by atoms with van der Waals surface area (Å²) in [6, 6.07) is 11.2. The monoisotopic (exact) mass is 585 g/mol. The Labute approximate surface area is 226 Å². The first kappa shape index (κ1) is 27.7. The second-order valence-electron chi connectivity index (χ2n) is 8.22. The lowest BCUT2D eigenvalue weighted by Crippen LogP contribution is -2.32. The number of fused-ring (bicyclic) bond motifs is 1. The molecule has 2 aromatic carbocycles. The van der Waals surface area contributed by atoms with Crippen molar-refractivity contribution in [1.29, 1.82) is 0 Å². The second-order valence-corrected chi connectivity index (χ2v) is 10.9. The van der Waals surface area contributed by atoms with E-state index in [-0.39, 0.29) is 23.7 Å². The van der Waals surface area contributed by atoms with E-state index < -0.39 is 43.5 Å². The highest BCUT2D eigenvalue weighted by Gasteiger charge is 2.35. The van der Waals surface area contributed by atoms with Crippen molar-refractivity contribution >= 4 is 55.9 Å². The molecule has 0 saturated heterocycles. The maximum Gasteiger partial charge on any atom is 0.417 e. The molecule has 7 nitrogen and oxygen atoms in total. The molecular weight excluding hydrogens is 566 g/mol. The van der Waals surface area contributed by atoms with E-state index in [1.54, 1.807) is 25.1 Å². The van der Waals surface area contributed by atoms with Crippen LogP contribution in [0, 0.1) is 0 Å². The molecule has 200 valence electrons. The Morgan fingerprint density at radius 1 is 1.08 bits per heavy atom. The summed E-state index contributed by atoms with van der Waals surface area (Å²) in [7, 11) is -2.69. The fourth-order valence-corrected chi connectivity index (χ4v) is 6.07. The molecule has 0 spiro atoms. The normalized spacial score (nSPS) is 12.1. The molecule has 0 radical (unpaired) electrons. The van der Waals surface area contributed by atoms with Gasteiger partial charge in [0.05, 0.1) is 34.3 Å². The zero-order valence-electron chi connectivity index (χ0n) is 20.0. The van der Waals surface area contributed by atoms with E-state index in [2.05, 4.69) is 4.98 Å². The van der Waals surface area contributed by atoms with Gasteiger partial charge in [0.25, 0.3) is 10.0 Å². The number of anilines is 1. The molecule has 0 amide bonds. The van der Waals surface area contributed by atoms with Gasteiger partial charge in [-0.2, -0.15) is 13.2 Å². The smallest absolute Gasteiger partial charge is 0.417 e. The van der Waals surface area contributed by atoms with E-state index in [0.717, 1.165) is 27.3 Å². The van der Waals surface area contributed by atoms with Gasteiger partial charge in [0.2, 0.25) is 0 Å². The van der Waals surface area contributed by atoms with Crippen LogP contribution in [0.5, 0.6) is 0 Å². The number of hydrogen-bond donors (Lipinski definition) is 0. The van der Waals surface area contributed by atoms with Crippen LogP contribution in [0.2, 0.25) is 10.0 Å². The summed E-state index contributed by atoms with van der Waals surface area (Å²) < 4.78 is 75.0. The van der Waals surface area contributed by atoms with Gasteiger partial charge in [-0.05, 0) is 60.3 Å². The van der Waals surface area contributed by atoms with Crippen LogP contribution in [0.1, 0.15) is 28.4 Å². The molecule has 2 heterocycles. The molecule has 4 rings (SSSR count). The number of rotatable bonds is 7. The Bertz CT molecular complexity index is 1640. The number of sulfonamides is 1.